The molecule has 0 saturated carbocycles. The standard InChI is InChI=1S/C22H27N5/c1-6-21(2,3)19-18-10-15(13-23-20(18)26-25-19)12-22(4,5)16-11-17-8-7-9-24-27(17)14-16/h7-11,13-14H,6,12H2,1-5H3,(H,23,25,26). The van der Waals surface area contributed by atoms with Crippen LogP contribution in [0.3, 0.4) is 0 Å². The maximum atomic E-state index is 4.61. The van der Waals surface area contributed by atoms with E-state index in [0.717, 1.165) is 29.4 Å². The number of hydrogen-bond acceptors (Lipinski definition) is 3. The first kappa shape index (κ1) is 17.7. The molecule has 140 valence electrons. The Balaban J connectivity index is 1.70. The van der Waals surface area contributed by atoms with Gasteiger partial charge in [-0.2, -0.15) is 10.2 Å². The Bertz CT molecular complexity index is 1070. The summed E-state index contributed by atoms with van der Waals surface area (Å²) in [6, 6.07) is 8.54. The van der Waals surface area contributed by atoms with Crippen LogP contribution in [0.1, 0.15) is 57.9 Å². The second-order valence-corrected chi connectivity index (χ2v) is 8.73. The summed E-state index contributed by atoms with van der Waals surface area (Å²) in [6.45, 7) is 11.3. The third-order valence-corrected chi connectivity index (χ3v) is 5.83. The molecule has 0 spiro atoms. The van der Waals surface area contributed by atoms with Crippen molar-refractivity contribution >= 4 is 16.6 Å². The molecule has 0 aliphatic carbocycles. The van der Waals surface area contributed by atoms with E-state index in [1.165, 1.54) is 16.8 Å². The third kappa shape index (κ3) is 3.11. The Morgan fingerprint density at radius 3 is 2.67 bits per heavy atom. The summed E-state index contributed by atoms with van der Waals surface area (Å²) in [6.07, 6.45) is 7.86. The van der Waals surface area contributed by atoms with E-state index in [9.17, 15) is 0 Å². The van der Waals surface area contributed by atoms with E-state index in [0.29, 0.717) is 0 Å². The van der Waals surface area contributed by atoms with E-state index >= 15 is 0 Å². The second kappa shape index (κ2) is 6.19. The molecule has 0 bridgehead atoms. The Hall–Kier alpha value is -2.69. The molecule has 0 radical (unpaired) electrons. The lowest BCUT2D eigenvalue weighted by atomic mass is 9.80. The molecule has 4 rings (SSSR count). The summed E-state index contributed by atoms with van der Waals surface area (Å²) in [5, 5.41) is 13.2. The lowest BCUT2D eigenvalue weighted by Gasteiger charge is -2.24. The molecule has 0 fully saturated rings. The summed E-state index contributed by atoms with van der Waals surface area (Å²) >= 11 is 0. The highest BCUT2D eigenvalue weighted by molar-refractivity contribution is 5.79. The molecule has 0 atom stereocenters. The number of aromatic amines is 1. The van der Waals surface area contributed by atoms with Crippen molar-refractivity contribution in [3.63, 3.8) is 0 Å². The smallest absolute Gasteiger partial charge is 0.181 e. The van der Waals surface area contributed by atoms with Crippen LogP contribution < -0.4 is 0 Å². The Morgan fingerprint density at radius 2 is 1.93 bits per heavy atom. The van der Waals surface area contributed by atoms with E-state index in [1.807, 2.05) is 23.0 Å². The number of nitrogens with one attached hydrogen (secondary N) is 1. The van der Waals surface area contributed by atoms with Crippen LogP contribution in [0, 0.1) is 0 Å². The van der Waals surface area contributed by atoms with Gasteiger partial charge >= 0.3 is 0 Å². The Labute approximate surface area is 159 Å². The Kier molecular flexibility index (Phi) is 4.06. The highest BCUT2D eigenvalue weighted by atomic mass is 15.2. The van der Waals surface area contributed by atoms with Gasteiger partial charge in [0.25, 0.3) is 0 Å². The van der Waals surface area contributed by atoms with Crippen molar-refractivity contribution in [1.29, 1.82) is 0 Å². The van der Waals surface area contributed by atoms with Gasteiger partial charge in [0.1, 0.15) is 0 Å². The van der Waals surface area contributed by atoms with Gasteiger partial charge in [-0.15, -0.1) is 0 Å². The van der Waals surface area contributed by atoms with Crippen LogP contribution in [-0.4, -0.2) is 24.8 Å². The zero-order valence-electron chi connectivity index (χ0n) is 16.7. The minimum absolute atomic E-state index is 0.0206. The third-order valence-electron chi connectivity index (χ3n) is 5.83. The van der Waals surface area contributed by atoms with E-state index in [-0.39, 0.29) is 10.8 Å². The van der Waals surface area contributed by atoms with Crippen molar-refractivity contribution in [3.05, 3.63) is 59.7 Å². The highest BCUT2D eigenvalue weighted by Gasteiger charge is 2.26. The van der Waals surface area contributed by atoms with Crippen LogP contribution in [0.25, 0.3) is 16.6 Å². The van der Waals surface area contributed by atoms with Gasteiger partial charge in [-0.25, -0.2) is 9.50 Å². The lowest BCUT2D eigenvalue weighted by Crippen LogP contribution is -2.20. The van der Waals surface area contributed by atoms with Crippen LogP contribution in [0.2, 0.25) is 0 Å². The minimum Gasteiger partial charge on any atom is -0.279 e. The molecule has 0 amide bonds. The van der Waals surface area contributed by atoms with Crippen LogP contribution in [-0.2, 0) is 17.3 Å². The van der Waals surface area contributed by atoms with Gasteiger partial charge in [-0.05, 0) is 53.6 Å². The molecule has 5 nitrogen and oxygen atoms in total. The lowest BCUT2D eigenvalue weighted by molar-refractivity contribution is 0.493. The van der Waals surface area contributed by atoms with Crippen molar-refractivity contribution in [2.45, 2.75) is 58.3 Å². The van der Waals surface area contributed by atoms with Crippen LogP contribution in [0.5, 0.6) is 0 Å². The van der Waals surface area contributed by atoms with Gasteiger partial charge in [-0.1, -0.05) is 34.6 Å². The molecule has 27 heavy (non-hydrogen) atoms. The predicted octanol–water partition coefficient (Wildman–Crippen LogP) is 4.81. The highest BCUT2D eigenvalue weighted by Crippen LogP contribution is 2.33. The number of rotatable bonds is 5. The van der Waals surface area contributed by atoms with Crippen molar-refractivity contribution in [2.24, 2.45) is 0 Å². The van der Waals surface area contributed by atoms with Crippen molar-refractivity contribution in [3.8, 4) is 0 Å². The fourth-order valence-electron chi connectivity index (χ4n) is 3.66. The molecule has 4 aromatic rings. The first-order chi connectivity index (χ1) is 12.8. The van der Waals surface area contributed by atoms with Gasteiger partial charge in [0.2, 0.25) is 0 Å². The average molecular weight is 361 g/mol. The van der Waals surface area contributed by atoms with Gasteiger partial charge in [0.05, 0.1) is 11.2 Å². The normalized spacial score (nSPS) is 12.9. The van der Waals surface area contributed by atoms with Crippen molar-refractivity contribution in [1.82, 2.24) is 24.8 Å². The van der Waals surface area contributed by atoms with Gasteiger partial charge in [-0.3, -0.25) is 5.10 Å². The summed E-state index contributed by atoms with van der Waals surface area (Å²) < 4.78 is 1.94. The largest absolute Gasteiger partial charge is 0.279 e. The summed E-state index contributed by atoms with van der Waals surface area (Å²) in [5.74, 6) is 0. The molecule has 0 aliphatic heterocycles. The molecule has 5 heteroatoms. The maximum Gasteiger partial charge on any atom is 0.181 e. The second-order valence-electron chi connectivity index (χ2n) is 8.73. The first-order valence-corrected chi connectivity index (χ1v) is 9.57. The summed E-state index contributed by atoms with van der Waals surface area (Å²) in [4.78, 5) is 4.61. The molecule has 4 heterocycles. The number of hydrogen-bond donors (Lipinski definition) is 1. The summed E-state index contributed by atoms with van der Waals surface area (Å²) in [5.41, 5.74) is 5.63. The monoisotopic (exact) mass is 361 g/mol. The Morgan fingerprint density at radius 1 is 1.11 bits per heavy atom. The minimum atomic E-state index is -0.0206. The first-order valence-electron chi connectivity index (χ1n) is 9.57. The van der Waals surface area contributed by atoms with Gasteiger partial charge < -0.3 is 0 Å². The van der Waals surface area contributed by atoms with E-state index in [4.69, 9.17) is 0 Å². The van der Waals surface area contributed by atoms with Gasteiger partial charge in [0.15, 0.2) is 5.65 Å². The molecule has 4 aromatic heterocycles. The number of pyridine rings is 1. The van der Waals surface area contributed by atoms with E-state index in [2.05, 4.69) is 79.3 Å². The molecule has 0 unspecified atom stereocenters. The maximum absolute atomic E-state index is 4.61. The van der Waals surface area contributed by atoms with Crippen molar-refractivity contribution in [2.75, 3.05) is 0 Å². The molecule has 0 aromatic carbocycles. The number of aromatic nitrogens is 5. The molecular weight excluding hydrogens is 334 g/mol. The van der Waals surface area contributed by atoms with Gasteiger partial charge in [0, 0.05) is 29.4 Å². The zero-order valence-corrected chi connectivity index (χ0v) is 16.7. The molecular formula is C22H27N5. The quantitative estimate of drug-likeness (QED) is 0.555. The van der Waals surface area contributed by atoms with Crippen LogP contribution >= 0.6 is 0 Å². The average Bonchev–Trinajstić information content (AvgIpc) is 3.25. The molecule has 0 saturated heterocycles. The predicted molar refractivity (Wildman–Crippen MR) is 109 cm³/mol. The fourth-order valence-corrected chi connectivity index (χ4v) is 3.66. The van der Waals surface area contributed by atoms with Crippen LogP contribution in [0.15, 0.2) is 42.9 Å². The SMILES string of the molecule is CCC(C)(C)c1[nH]nc2ncc(CC(C)(C)c3cc4cccnn4c3)cc12. The molecule has 1 N–H and O–H groups in total. The van der Waals surface area contributed by atoms with Crippen molar-refractivity contribution < 1.29 is 0 Å². The number of fused-ring (bicyclic) bond motifs is 2. The topological polar surface area (TPSA) is 58.9 Å². The summed E-state index contributed by atoms with van der Waals surface area (Å²) in [7, 11) is 0. The fraction of sp³-hybridized carbons (Fsp3) is 0.409. The number of nitrogens with zero attached hydrogens (tertiary/aromatic N) is 4. The zero-order chi connectivity index (χ0) is 19.2. The molecule has 0 aliphatic rings. The van der Waals surface area contributed by atoms with E-state index < -0.39 is 0 Å². The van der Waals surface area contributed by atoms with Crippen LogP contribution in [0.4, 0.5) is 0 Å². The number of H-pyrrole nitrogens is 1. The van der Waals surface area contributed by atoms with E-state index in [1.54, 1.807) is 0 Å².